The second kappa shape index (κ2) is 5.12. The van der Waals surface area contributed by atoms with Crippen molar-refractivity contribution in [3.8, 4) is 11.3 Å². The van der Waals surface area contributed by atoms with E-state index in [0.717, 1.165) is 17.0 Å². The van der Waals surface area contributed by atoms with Gasteiger partial charge in [-0.05, 0) is 12.0 Å². The molecule has 0 radical (unpaired) electrons. The van der Waals surface area contributed by atoms with Crippen LogP contribution >= 0.6 is 0 Å². The molecule has 0 amide bonds. The Hall–Kier alpha value is -2.50. The van der Waals surface area contributed by atoms with Crippen LogP contribution in [0.1, 0.15) is 25.3 Å². The molecule has 6 heteroatoms. The Bertz CT molecular complexity index is 794. The fourth-order valence-corrected chi connectivity index (χ4v) is 2.27. The van der Waals surface area contributed by atoms with Gasteiger partial charge in [0.2, 0.25) is 0 Å². The molecule has 0 atom stereocenters. The maximum Gasteiger partial charge on any atom is 0.161 e. The van der Waals surface area contributed by atoms with Crippen LogP contribution in [0.5, 0.6) is 0 Å². The summed E-state index contributed by atoms with van der Waals surface area (Å²) in [7, 11) is 1.82. The van der Waals surface area contributed by atoms with Crippen LogP contribution in [-0.2, 0) is 0 Å². The van der Waals surface area contributed by atoms with E-state index >= 15 is 0 Å². The number of rotatable bonds is 3. The fourth-order valence-electron chi connectivity index (χ4n) is 2.27. The van der Waals surface area contributed by atoms with Crippen molar-refractivity contribution in [2.75, 3.05) is 12.4 Å². The highest BCUT2D eigenvalue weighted by molar-refractivity contribution is 5.67. The van der Waals surface area contributed by atoms with Crippen LogP contribution in [0.2, 0.25) is 0 Å². The van der Waals surface area contributed by atoms with Gasteiger partial charge in [0, 0.05) is 30.4 Å². The first kappa shape index (κ1) is 13.5. The fraction of sp³-hybridized carbons (Fsp3) is 0.267. The molecule has 0 bridgehead atoms. The molecule has 0 aliphatic heterocycles. The number of nitrogens with one attached hydrogen (secondary N) is 1. The first-order chi connectivity index (χ1) is 10.1. The molecule has 0 aromatic carbocycles. The third kappa shape index (κ3) is 2.33. The molecule has 21 heavy (non-hydrogen) atoms. The van der Waals surface area contributed by atoms with Crippen LogP contribution in [0, 0.1) is 5.82 Å². The summed E-state index contributed by atoms with van der Waals surface area (Å²) in [5, 5.41) is 7.46. The van der Waals surface area contributed by atoms with Crippen molar-refractivity contribution in [3.63, 3.8) is 0 Å². The monoisotopic (exact) mass is 285 g/mol. The summed E-state index contributed by atoms with van der Waals surface area (Å²) in [4.78, 5) is 8.51. The third-order valence-electron chi connectivity index (χ3n) is 3.38. The van der Waals surface area contributed by atoms with Gasteiger partial charge in [0.15, 0.2) is 5.65 Å². The highest BCUT2D eigenvalue weighted by atomic mass is 19.1. The molecule has 3 rings (SSSR count). The summed E-state index contributed by atoms with van der Waals surface area (Å²) < 4.78 is 15.1. The van der Waals surface area contributed by atoms with E-state index in [1.54, 1.807) is 10.7 Å². The Balaban J connectivity index is 2.26. The van der Waals surface area contributed by atoms with Crippen molar-refractivity contribution >= 4 is 11.5 Å². The summed E-state index contributed by atoms with van der Waals surface area (Å²) >= 11 is 0. The van der Waals surface area contributed by atoms with E-state index in [4.69, 9.17) is 0 Å². The van der Waals surface area contributed by atoms with Gasteiger partial charge in [0.25, 0.3) is 0 Å². The lowest BCUT2D eigenvalue weighted by Gasteiger charge is -2.09. The minimum Gasteiger partial charge on any atom is -0.373 e. The van der Waals surface area contributed by atoms with Gasteiger partial charge in [0.1, 0.15) is 11.6 Å². The lowest BCUT2D eigenvalue weighted by molar-refractivity contribution is 0.622. The Morgan fingerprint density at radius 2 is 2.00 bits per heavy atom. The molecule has 0 aliphatic carbocycles. The summed E-state index contributed by atoms with van der Waals surface area (Å²) in [5.74, 6) is 0.726. The van der Waals surface area contributed by atoms with E-state index in [2.05, 4.69) is 34.2 Å². The van der Waals surface area contributed by atoms with Crippen molar-refractivity contribution in [3.05, 3.63) is 42.1 Å². The van der Waals surface area contributed by atoms with Crippen LogP contribution in [0.4, 0.5) is 10.2 Å². The lowest BCUT2D eigenvalue weighted by atomic mass is 10.1. The van der Waals surface area contributed by atoms with Crippen LogP contribution < -0.4 is 5.32 Å². The topological polar surface area (TPSA) is 55.1 Å². The summed E-state index contributed by atoms with van der Waals surface area (Å²) in [6.45, 7) is 4.18. The van der Waals surface area contributed by atoms with Crippen LogP contribution in [-0.4, -0.2) is 26.6 Å². The van der Waals surface area contributed by atoms with E-state index in [9.17, 15) is 4.39 Å². The molecule has 108 valence electrons. The van der Waals surface area contributed by atoms with Gasteiger partial charge in [-0.1, -0.05) is 13.8 Å². The maximum absolute atomic E-state index is 13.4. The van der Waals surface area contributed by atoms with Crippen molar-refractivity contribution in [1.82, 2.24) is 19.6 Å². The van der Waals surface area contributed by atoms with Gasteiger partial charge in [0.05, 0.1) is 18.1 Å². The maximum atomic E-state index is 13.4. The molecule has 0 saturated carbocycles. The molecule has 0 spiro atoms. The first-order valence-electron chi connectivity index (χ1n) is 6.77. The average molecular weight is 285 g/mol. The predicted molar refractivity (Wildman–Crippen MR) is 79.8 cm³/mol. The number of pyridine rings is 1. The Kier molecular flexibility index (Phi) is 3.29. The molecule has 3 aromatic heterocycles. The minimum atomic E-state index is -0.377. The van der Waals surface area contributed by atoms with Gasteiger partial charge in [-0.25, -0.2) is 9.37 Å². The second-order valence-corrected chi connectivity index (χ2v) is 5.16. The number of anilines is 1. The molecular weight excluding hydrogens is 269 g/mol. The third-order valence-corrected chi connectivity index (χ3v) is 3.38. The van der Waals surface area contributed by atoms with E-state index in [-0.39, 0.29) is 5.82 Å². The number of hydrogen-bond donors (Lipinski definition) is 1. The van der Waals surface area contributed by atoms with Gasteiger partial charge in [-0.2, -0.15) is 9.61 Å². The van der Waals surface area contributed by atoms with Gasteiger partial charge in [-0.3, -0.25) is 4.98 Å². The predicted octanol–water partition coefficient (Wildman–Crippen LogP) is 3.10. The van der Waals surface area contributed by atoms with E-state index in [1.807, 2.05) is 19.3 Å². The molecule has 0 unspecified atom stereocenters. The second-order valence-electron chi connectivity index (χ2n) is 5.16. The number of nitrogens with zero attached hydrogens (tertiary/aromatic N) is 4. The molecule has 3 aromatic rings. The highest BCUT2D eigenvalue weighted by Crippen LogP contribution is 2.26. The summed E-state index contributed by atoms with van der Waals surface area (Å²) in [5.41, 5.74) is 3.14. The highest BCUT2D eigenvalue weighted by Gasteiger charge is 2.14. The molecule has 0 fully saturated rings. The molecule has 0 aliphatic rings. The quantitative estimate of drug-likeness (QED) is 0.803. The van der Waals surface area contributed by atoms with Crippen molar-refractivity contribution in [1.29, 1.82) is 0 Å². The number of aromatic nitrogens is 4. The van der Waals surface area contributed by atoms with Gasteiger partial charge >= 0.3 is 0 Å². The standard InChI is InChI=1S/C15H16FN5/c1-9(2)12-8-19-21-14(17-3)5-13(20-15(12)21)10-4-11(16)7-18-6-10/h4-9,17H,1-3H3. The number of halogens is 1. The van der Waals surface area contributed by atoms with E-state index in [0.29, 0.717) is 17.2 Å². The van der Waals surface area contributed by atoms with Crippen LogP contribution in [0.15, 0.2) is 30.7 Å². The Morgan fingerprint density at radius 3 is 2.67 bits per heavy atom. The smallest absolute Gasteiger partial charge is 0.161 e. The zero-order valence-corrected chi connectivity index (χ0v) is 12.1. The largest absolute Gasteiger partial charge is 0.373 e. The van der Waals surface area contributed by atoms with Gasteiger partial charge in [-0.15, -0.1) is 0 Å². The Morgan fingerprint density at radius 1 is 1.19 bits per heavy atom. The van der Waals surface area contributed by atoms with Crippen LogP contribution in [0.3, 0.4) is 0 Å². The van der Waals surface area contributed by atoms with E-state index in [1.165, 1.54) is 12.3 Å². The molecule has 0 saturated heterocycles. The lowest BCUT2D eigenvalue weighted by Crippen LogP contribution is -2.03. The average Bonchev–Trinajstić information content (AvgIpc) is 2.90. The zero-order valence-electron chi connectivity index (χ0n) is 12.1. The summed E-state index contributed by atoms with van der Waals surface area (Å²) in [6.07, 6.45) is 4.60. The molecular formula is C15H16FN5. The Labute approximate surface area is 121 Å². The van der Waals surface area contributed by atoms with Gasteiger partial charge < -0.3 is 5.32 Å². The minimum absolute atomic E-state index is 0.306. The number of hydrogen-bond acceptors (Lipinski definition) is 4. The zero-order chi connectivity index (χ0) is 15.0. The van der Waals surface area contributed by atoms with Crippen molar-refractivity contribution < 1.29 is 4.39 Å². The van der Waals surface area contributed by atoms with E-state index < -0.39 is 0 Å². The normalized spacial score (nSPS) is 11.3. The molecule has 3 heterocycles. The van der Waals surface area contributed by atoms with Crippen LogP contribution in [0.25, 0.3) is 16.9 Å². The molecule has 5 nitrogen and oxygen atoms in total. The van der Waals surface area contributed by atoms with Crippen molar-refractivity contribution in [2.45, 2.75) is 19.8 Å². The van der Waals surface area contributed by atoms with Crippen molar-refractivity contribution in [2.24, 2.45) is 0 Å². The SMILES string of the molecule is CNc1cc(-c2cncc(F)c2)nc2c(C(C)C)cnn12. The number of fused-ring (bicyclic) bond motifs is 1. The summed E-state index contributed by atoms with van der Waals surface area (Å²) in [6, 6.07) is 3.26. The molecule has 1 N–H and O–H groups in total. The first-order valence-corrected chi connectivity index (χ1v) is 6.77.